The van der Waals surface area contributed by atoms with Gasteiger partial charge in [-0.25, -0.2) is 4.98 Å². The molecule has 0 aliphatic heterocycles. The summed E-state index contributed by atoms with van der Waals surface area (Å²) >= 11 is 0. The van der Waals surface area contributed by atoms with Crippen LogP contribution < -0.4 is 5.73 Å². The molecule has 0 saturated carbocycles. The van der Waals surface area contributed by atoms with Crippen molar-refractivity contribution in [3.05, 3.63) is 24.0 Å². The van der Waals surface area contributed by atoms with Crippen molar-refractivity contribution in [2.45, 2.75) is 26.3 Å². The minimum Gasteiger partial charge on any atom is -0.508 e. The fraction of sp³-hybridized carbons (Fsp3) is 0.417. The first-order valence-electron chi connectivity index (χ1n) is 5.49. The van der Waals surface area contributed by atoms with Crippen molar-refractivity contribution in [3.63, 3.8) is 0 Å². The number of aromatic hydroxyl groups is 1. The van der Waals surface area contributed by atoms with Crippen LogP contribution in [-0.2, 0) is 6.42 Å². The van der Waals surface area contributed by atoms with Gasteiger partial charge in [0.25, 0.3) is 0 Å². The Labute approximate surface area is 94.5 Å². The van der Waals surface area contributed by atoms with Gasteiger partial charge in [0.05, 0.1) is 11.0 Å². The first kappa shape index (κ1) is 11.0. The van der Waals surface area contributed by atoms with E-state index in [0.29, 0.717) is 5.92 Å². The molecule has 4 nitrogen and oxygen atoms in total. The smallest absolute Gasteiger partial charge is 0.117 e. The van der Waals surface area contributed by atoms with Crippen LogP contribution in [0.15, 0.2) is 18.2 Å². The quantitative estimate of drug-likeness (QED) is 0.736. The molecule has 0 fully saturated rings. The second-order valence-electron chi connectivity index (χ2n) is 4.50. The van der Waals surface area contributed by atoms with E-state index < -0.39 is 0 Å². The van der Waals surface area contributed by atoms with Crippen LogP contribution in [0, 0.1) is 5.92 Å². The molecule has 1 unspecified atom stereocenters. The van der Waals surface area contributed by atoms with Crippen molar-refractivity contribution in [1.29, 1.82) is 0 Å². The molecule has 16 heavy (non-hydrogen) atoms. The van der Waals surface area contributed by atoms with Crippen molar-refractivity contribution in [2.75, 3.05) is 0 Å². The van der Waals surface area contributed by atoms with Crippen LogP contribution in [-0.4, -0.2) is 21.1 Å². The van der Waals surface area contributed by atoms with E-state index in [1.54, 1.807) is 18.2 Å². The van der Waals surface area contributed by atoms with Gasteiger partial charge in [0, 0.05) is 18.5 Å². The number of nitrogens with one attached hydrogen (secondary N) is 1. The van der Waals surface area contributed by atoms with E-state index >= 15 is 0 Å². The molecule has 0 bridgehead atoms. The Bertz CT molecular complexity index is 490. The first-order chi connectivity index (χ1) is 7.56. The highest BCUT2D eigenvalue weighted by atomic mass is 16.3. The molecule has 4 heteroatoms. The molecule has 0 aliphatic carbocycles. The van der Waals surface area contributed by atoms with Gasteiger partial charge in [0.2, 0.25) is 0 Å². The fourth-order valence-electron chi connectivity index (χ4n) is 1.61. The number of phenols is 1. The summed E-state index contributed by atoms with van der Waals surface area (Å²) in [7, 11) is 0. The molecule has 0 spiro atoms. The summed E-state index contributed by atoms with van der Waals surface area (Å²) in [5.74, 6) is 1.55. The molecule has 1 aromatic heterocycles. The van der Waals surface area contributed by atoms with Gasteiger partial charge in [-0.15, -0.1) is 0 Å². The highest BCUT2D eigenvalue weighted by Crippen LogP contribution is 2.18. The van der Waals surface area contributed by atoms with E-state index in [-0.39, 0.29) is 11.8 Å². The van der Waals surface area contributed by atoms with Crippen molar-refractivity contribution < 1.29 is 5.11 Å². The van der Waals surface area contributed by atoms with Crippen molar-refractivity contribution in [1.82, 2.24) is 9.97 Å². The third kappa shape index (κ3) is 2.17. The predicted molar refractivity (Wildman–Crippen MR) is 64.3 cm³/mol. The average molecular weight is 219 g/mol. The van der Waals surface area contributed by atoms with E-state index in [4.69, 9.17) is 5.73 Å². The largest absolute Gasteiger partial charge is 0.508 e. The van der Waals surface area contributed by atoms with Gasteiger partial charge in [0.1, 0.15) is 11.6 Å². The highest BCUT2D eigenvalue weighted by Gasteiger charge is 2.11. The van der Waals surface area contributed by atoms with Crippen LogP contribution in [0.2, 0.25) is 0 Å². The molecular formula is C12H17N3O. The maximum absolute atomic E-state index is 9.34. The standard InChI is InChI=1S/C12H17N3O/c1-7(2)9(13)6-12-14-10-4-3-8(16)5-11(10)15-12/h3-5,7,9,16H,6,13H2,1-2H3,(H,14,15). The average Bonchev–Trinajstić information content (AvgIpc) is 2.58. The third-order valence-electron chi connectivity index (χ3n) is 2.80. The maximum Gasteiger partial charge on any atom is 0.117 e. The second kappa shape index (κ2) is 4.14. The molecule has 4 N–H and O–H groups in total. The maximum atomic E-state index is 9.34. The molecule has 0 aliphatic rings. The minimum absolute atomic E-state index is 0.106. The molecule has 2 aromatic rings. The number of fused-ring (bicyclic) bond motifs is 1. The van der Waals surface area contributed by atoms with Crippen LogP contribution in [0.3, 0.4) is 0 Å². The first-order valence-corrected chi connectivity index (χ1v) is 5.49. The third-order valence-corrected chi connectivity index (χ3v) is 2.80. The van der Waals surface area contributed by atoms with E-state index in [2.05, 4.69) is 23.8 Å². The minimum atomic E-state index is 0.106. The summed E-state index contributed by atoms with van der Waals surface area (Å²) < 4.78 is 0. The van der Waals surface area contributed by atoms with Crippen LogP contribution in [0.4, 0.5) is 0 Å². The number of hydrogen-bond acceptors (Lipinski definition) is 3. The van der Waals surface area contributed by atoms with Crippen LogP contribution in [0.1, 0.15) is 19.7 Å². The molecule has 0 radical (unpaired) electrons. The Morgan fingerprint density at radius 2 is 2.19 bits per heavy atom. The van der Waals surface area contributed by atoms with Crippen LogP contribution in [0.25, 0.3) is 11.0 Å². The number of aromatic amines is 1. The number of hydrogen-bond donors (Lipinski definition) is 3. The number of phenolic OH excluding ortho intramolecular Hbond substituents is 1. The van der Waals surface area contributed by atoms with Gasteiger partial charge in [-0.3, -0.25) is 0 Å². The summed E-state index contributed by atoms with van der Waals surface area (Å²) in [6, 6.07) is 5.21. The predicted octanol–water partition coefficient (Wildman–Crippen LogP) is 1.79. The van der Waals surface area contributed by atoms with E-state index in [1.807, 2.05) is 0 Å². The highest BCUT2D eigenvalue weighted by molar-refractivity contribution is 5.76. The zero-order valence-corrected chi connectivity index (χ0v) is 9.57. The Morgan fingerprint density at radius 1 is 1.44 bits per heavy atom. The molecule has 1 heterocycles. The van der Waals surface area contributed by atoms with Gasteiger partial charge in [0.15, 0.2) is 0 Å². The summed E-state index contributed by atoms with van der Waals surface area (Å²) in [6.07, 6.45) is 0.729. The molecule has 2 rings (SSSR count). The monoisotopic (exact) mass is 219 g/mol. The lowest BCUT2D eigenvalue weighted by atomic mass is 10.0. The summed E-state index contributed by atoms with van der Waals surface area (Å²) in [4.78, 5) is 7.60. The van der Waals surface area contributed by atoms with Crippen molar-refractivity contribution in [3.8, 4) is 5.75 Å². The van der Waals surface area contributed by atoms with E-state index in [0.717, 1.165) is 23.3 Å². The molecular weight excluding hydrogens is 202 g/mol. The lowest BCUT2D eigenvalue weighted by Crippen LogP contribution is -2.29. The Morgan fingerprint density at radius 3 is 2.88 bits per heavy atom. The summed E-state index contributed by atoms with van der Waals surface area (Å²) in [5, 5.41) is 9.34. The van der Waals surface area contributed by atoms with E-state index in [9.17, 15) is 5.11 Å². The van der Waals surface area contributed by atoms with Crippen molar-refractivity contribution in [2.24, 2.45) is 11.7 Å². The Kier molecular flexibility index (Phi) is 2.83. The number of nitrogens with two attached hydrogens (primary N) is 1. The summed E-state index contributed by atoms with van der Waals surface area (Å²) in [6.45, 7) is 4.19. The topological polar surface area (TPSA) is 74.9 Å². The van der Waals surface area contributed by atoms with E-state index in [1.165, 1.54) is 0 Å². The fourth-order valence-corrected chi connectivity index (χ4v) is 1.61. The SMILES string of the molecule is CC(C)C(N)Cc1nc2ccc(O)cc2[nH]1. The van der Waals surface area contributed by atoms with Crippen LogP contribution >= 0.6 is 0 Å². The van der Waals surface area contributed by atoms with Gasteiger partial charge in [-0.2, -0.15) is 0 Å². The molecule has 86 valence electrons. The number of imidazole rings is 1. The number of aromatic nitrogens is 2. The van der Waals surface area contributed by atoms with Gasteiger partial charge in [-0.1, -0.05) is 13.8 Å². The number of H-pyrrole nitrogens is 1. The summed E-state index contributed by atoms with van der Waals surface area (Å²) in [5.41, 5.74) is 7.71. The number of nitrogens with zero attached hydrogens (tertiary/aromatic N) is 1. The lowest BCUT2D eigenvalue weighted by molar-refractivity contribution is 0.476. The molecule has 0 amide bonds. The normalized spacial score (nSPS) is 13.5. The number of benzene rings is 1. The van der Waals surface area contributed by atoms with Crippen LogP contribution in [0.5, 0.6) is 5.75 Å². The molecule has 1 atom stereocenters. The second-order valence-corrected chi connectivity index (χ2v) is 4.50. The molecule has 1 aromatic carbocycles. The van der Waals surface area contributed by atoms with Gasteiger partial charge in [-0.05, 0) is 18.1 Å². The Hall–Kier alpha value is -1.55. The zero-order chi connectivity index (χ0) is 11.7. The van der Waals surface area contributed by atoms with Gasteiger partial charge >= 0.3 is 0 Å². The Balaban J connectivity index is 2.26. The lowest BCUT2D eigenvalue weighted by Gasteiger charge is -2.13. The van der Waals surface area contributed by atoms with Crippen molar-refractivity contribution >= 4 is 11.0 Å². The zero-order valence-electron chi connectivity index (χ0n) is 9.57. The molecule has 0 saturated heterocycles. The number of rotatable bonds is 3. The van der Waals surface area contributed by atoms with Gasteiger partial charge < -0.3 is 15.8 Å².